The summed E-state index contributed by atoms with van der Waals surface area (Å²) in [5.41, 5.74) is 2.09. The number of pyridine rings is 1. The number of hydrogen-bond acceptors (Lipinski definition) is 4. The van der Waals surface area contributed by atoms with Gasteiger partial charge in [-0.2, -0.15) is 5.26 Å². The van der Waals surface area contributed by atoms with Gasteiger partial charge in [0.25, 0.3) is 5.91 Å². The Hall–Kier alpha value is -3.63. The molecule has 1 amide bonds. The third kappa shape index (κ3) is 4.34. The third-order valence-electron chi connectivity index (χ3n) is 4.49. The molecule has 4 rings (SSSR count). The fourth-order valence-corrected chi connectivity index (χ4v) is 3.87. The van der Waals surface area contributed by atoms with Gasteiger partial charge < -0.3 is 9.72 Å². The number of amides is 1. The minimum atomic E-state index is -0.962. The van der Waals surface area contributed by atoms with Crippen molar-refractivity contribution in [1.29, 1.82) is 5.26 Å². The Balaban J connectivity index is 1.55. The van der Waals surface area contributed by atoms with Gasteiger partial charge in [-0.3, -0.25) is 4.79 Å². The van der Waals surface area contributed by atoms with Crippen LogP contribution in [-0.2, 0) is 5.75 Å². The van der Waals surface area contributed by atoms with Gasteiger partial charge in [0, 0.05) is 23.0 Å². The molecule has 1 unspecified atom stereocenters. The number of rotatable bonds is 6. The lowest BCUT2D eigenvalue weighted by Crippen LogP contribution is -2.28. The second kappa shape index (κ2) is 8.80. The molecule has 0 bridgehead atoms. The van der Waals surface area contributed by atoms with Gasteiger partial charge in [0.15, 0.2) is 0 Å². The zero-order valence-corrected chi connectivity index (χ0v) is 16.6. The lowest BCUT2D eigenvalue weighted by molar-refractivity contribution is 0.0946. The Morgan fingerprint density at radius 3 is 2.77 bits per heavy atom. The Labute approximate surface area is 177 Å². The number of nitrogens with zero attached hydrogens (tertiary/aromatic N) is 3. The molecule has 2 heterocycles. The molecule has 0 spiro atoms. The van der Waals surface area contributed by atoms with Crippen LogP contribution in [0.5, 0.6) is 0 Å². The number of aromatic nitrogens is 2. The molecule has 0 fully saturated rings. The summed E-state index contributed by atoms with van der Waals surface area (Å²) in [4.78, 5) is 18.6. The molecule has 0 aliphatic rings. The quantitative estimate of drug-likeness (QED) is 0.460. The number of benzene rings is 2. The molecule has 0 aliphatic carbocycles. The van der Waals surface area contributed by atoms with Crippen molar-refractivity contribution >= 4 is 23.3 Å². The van der Waals surface area contributed by atoms with Crippen LogP contribution in [0.4, 0.5) is 4.39 Å². The number of carbonyl (C=O) groups is 1. The van der Waals surface area contributed by atoms with Crippen molar-refractivity contribution in [3.05, 3.63) is 102 Å². The van der Waals surface area contributed by atoms with Gasteiger partial charge in [-0.25, -0.2) is 9.37 Å². The first-order chi connectivity index (χ1) is 14.6. The number of nitrogens with one attached hydrogen (secondary N) is 1. The number of imidazole rings is 1. The van der Waals surface area contributed by atoms with Crippen molar-refractivity contribution < 1.29 is 9.18 Å². The van der Waals surface area contributed by atoms with E-state index in [9.17, 15) is 14.4 Å². The van der Waals surface area contributed by atoms with Crippen molar-refractivity contribution in [3.8, 4) is 6.07 Å². The van der Waals surface area contributed by atoms with Gasteiger partial charge in [-0.1, -0.05) is 30.3 Å². The Kier molecular flexibility index (Phi) is 5.77. The average Bonchev–Trinajstić information content (AvgIpc) is 3.19. The summed E-state index contributed by atoms with van der Waals surface area (Å²) in [5, 5.41) is 12.1. The first kappa shape index (κ1) is 19.7. The largest absolute Gasteiger partial charge is 0.332 e. The number of fused-ring (bicyclic) bond motifs is 1. The molecule has 2 aromatic carbocycles. The topological polar surface area (TPSA) is 70.2 Å². The van der Waals surface area contributed by atoms with E-state index in [0.29, 0.717) is 22.5 Å². The normalized spacial score (nSPS) is 11.7. The summed E-state index contributed by atoms with van der Waals surface area (Å²) >= 11 is 1.66. The minimum Gasteiger partial charge on any atom is -0.332 e. The molecule has 7 heteroatoms. The maximum Gasteiger partial charge on any atom is 0.256 e. The SMILES string of the molecule is N#CC(NC(=O)c1cccn2cc(CSc3ccccc3)nc12)c1cccc(F)c1. The van der Waals surface area contributed by atoms with Crippen LogP contribution in [0.1, 0.15) is 27.7 Å². The van der Waals surface area contributed by atoms with Crippen LogP contribution in [-0.4, -0.2) is 15.3 Å². The van der Waals surface area contributed by atoms with Crippen LogP contribution in [0.2, 0.25) is 0 Å². The highest BCUT2D eigenvalue weighted by Crippen LogP contribution is 2.23. The summed E-state index contributed by atoms with van der Waals surface area (Å²) in [5.74, 6) is -0.237. The average molecular weight is 416 g/mol. The van der Waals surface area contributed by atoms with E-state index in [0.717, 1.165) is 10.6 Å². The summed E-state index contributed by atoms with van der Waals surface area (Å²) in [6.07, 6.45) is 3.71. The monoisotopic (exact) mass is 416 g/mol. The van der Waals surface area contributed by atoms with E-state index < -0.39 is 17.8 Å². The Morgan fingerprint density at radius 1 is 1.17 bits per heavy atom. The second-order valence-electron chi connectivity index (χ2n) is 6.58. The highest BCUT2D eigenvalue weighted by Gasteiger charge is 2.19. The van der Waals surface area contributed by atoms with Gasteiger partial charge in [0.1, 0.15) is 17.5 Å². The van der Waals surface area contributed by atoms with Crippen molar-refractivity contribution in [1.82, 2.24) is 14.7 Å². The van der Waals surface area contributed by atoms with Crippen LogP contribution in [0.25, 0.3) is 5.65 Å². The van der Waals surface area contributed by atoms with Crippen molar-refractivity contribution in [2.75, 3.05) is 0 Å². The van der Waals surface area contributed by atoms with E-state index in [4.69, 9.17) is 0 Å². The number of hydrogen-bond donors (Lipinski definition) is 1. The predicted octanol–water partition coefficient (Wildman–Crippen LogP) is 4.76. The van der Waals surface area contributed by atoms with Crippen LogP contribution >= 0.6 is 11.8 Å². The highest BCUT2D eigenvalue weighted by molar-refractivity contribution is 7.98. The maximum absolute atomic E-state index is 13.5. The molecule has 5 nitrogen and oxygen atoms in total. The maximum atomic E-state index is 13.5. The van der Waals surface area contributed by atoms with E-state index in [-0.39, 0.29) is 0 Å². The van der Waals surface area contributed by atoms with Gasteiger partial charge in [-0.15, -0.1) is 11.8 Å². The van der Waals surface area contributed by atoms with Crippen LogP contribution in [0.3, 0.4) is 0 Å². The van der Waals surface area contributed by atoms with Crippen molar-refractivity contribution in [2.24, 2.45) is 0 Å². The minimum absolute atomic E-state index is 0.352. The smallest absolute Gasteiger partial charge is 0.256 e. The van der Waals surface area contributed by atoms with E-state index in [1.165, 1.54) is 18.2 Å². The van der Waals surface area contributed by atoms with Gasteiger partial charge in [-0.05, 0) is 42.0 Å². The molecule has 0 radical (unpaired) electrons. The number of halogens is 1. The van der Waals surface area contributed by atoms with E-state index in [1.807, 2.05) is 48.8 Å². The summed E-state index contributed by atoms with van der Waals surface area (Å²) in [6.45, 7) is 0. The molecule has 0 aliphatic heterocycles. The highest BCUT2D eigenvalue weighted by atomic mass is 32.2. The predicted molar refractivity (Wildman–Crippen MR) is 113 cm³/mol. The van der Waals surface area contributed by atoms with Gasteiger partial charge in [0.05, 0.1) is 17.3 Å². The lowest BCUT2D eigenvalue weighted by atomic mass is 10.1. The zero-order chi connectivity index (χ0) is 20.9. The standard InChI is InChI=1S/C23H17FN4OS/c24-17-7-4-6-16(12-17)21(13-25)27-23(29)20-10-5-11-28-14-18(26-22(20)28)15-30-19-8-2-1-3-9-19/h1-12,14,21H,15H2,(H,27,29). The van der Waals surface area contributed by atoms with Gasteiger partial charge in [0.2, 0.25) is 0 Å². The van der Waals surface area contributed by atoms with Crippen LogP contribution < -0.4 is 5.32 Å². The summed E-state index contributed by atoms with van der Waals surface area (Å²) in [7, 11) is 0. The third-order valence-corrected chi connectivity index (χ3v) is 5.54. The van der Waals surface area contributed by atoms with Gasteiger partial charge >= 0.3 is 0 Å². The summed E-state index contributed by atoms with van der Waals surface area (Å²) in [6, 6.07) is 20.1. The van der Waals surface area contributed by atoms with Crippen LogP contribution in [0, 0.1) is 17.1 Å². The number of nitriles is 1. The molecule has 0 saturated heterocycles. The Morgan fingerprint density at radius 2 is 2.00 bits per heavy atom. The summed E-state index contributed by atoms with van der Waals surface area (Å²) < 4.78 is 15.3. The molecule has 2 aromatic heterocycles. The van der Waals surface area contributed by atoms with E-state index in [2.05, 4.69) is 10.3 Å². The molecule has 1 atom stereocenters. The molecular formula is C23H17FN4OS. The van der Waals surface area contributed by atoms with Crippen LogP contribution in [0.15, 0.2) is 84.0 Å². The molecule has 30 heavy (non-hydrogen) atoms. The lowest BCUT2D eigenvalue weighted by Gasteiger charge is -2.12. The first-order valence-electron chi connectivity index (χ1n) is 9.24. The van der Waals surface area contributed by atoms with E-state index >= 15 is 0 Å². The molecule has 148 valence electrons. The number of carbonyl (C=O) groups excluding carboxylic acids is 1. The molecule has 4 aromatic rings. The fraction of sp³-hybridized carbons (Fsp3) is 0.0870. The molecular weight excluding hydrogens is 399 g/mol. The van der Waals surface area contributed by atoms with Crippen molar-refractivity contribution in [2.45, 2.75) is 16.7 Å². The zero-order valence-electron chi connectivity index (χ0n) is 15.8. The number of thioether (sulfide) groups is 1. The molecule has 1 N–H and O–H groups in total. The van der Waals surface area contributed by atoms with Crippen molar-refractivity contribution in [3.63, 3.8) is 0 Å². The Bertz CT molecular complexity index is 1230. The molecule has 0 saturated carbocycles. The second-order valence-corrected chi connectivity index (χ2v) is 7.63. The van der Waals surface area contributed by atoms with E-state index in [1.54, 1.807) is 34.4 Å². The first-order valence-corrected chi connectivity index (χ1v) is 10.2. The fourth-order valence-electron chi connectivity index (χ4n) is 3.07.